The fraction of sp³-hybridized carbons (Fsp3) is 0.357. The molecule has 2 unspecified atom stereocenters. The maximum Gasteiger partial charge on any atom is 0.316 e. The van der Waals surface area contributed by atoms with Crippen molar-refractivity contribution in [1.29, 1.82) is 0 Å². The lowest BCUT2D eigenvalue weighted by atomic mass is 9.90. The third-order valence-corrected chi connectivity index (χ3v) is 8.45. The summed E-state index contributed by atoms with van der Waals surface area (Å²) in [6, 6.07) is 2.52. The molecule has 6 heterocycles. The first-order chi connectivity index (χ1) is 20.0. The highest BCUT2D eigenvalue weighted by Gasteiger charge is 2.64. The molecule has 216 valence electrons. The lowest BCUT2D eigenvalue weighted by Crippen LogP contribution is -2.41. The second-order valence-corrected chi connectivity index (χ2v) is 11.6. The van der Waals surface area contributed by atoms with Gasteiger partial charge in [-0.1, -0.05) is 0 Å². The Bertz CT molecular complexity index is 1780. The van der Waals surface area contributed by atoms with E-state index < -0.39 is 17.8 Å². The fourth-order valence-corrected chi connectivity index (χ4v) is 5.98. The van der Waals surface area contributed by atoms with Crippen molar-refractivity contribution in [2.24, 2.45) is 5.92 Å². The number of amides is 1. The predicted molar refractivity (Wildman–Crippen MR) is 152 cm³/mol. The maximum absolute atomic E-state index is 13.9. The number of ketones is 2. The fourth-order valence-electron chi connectivity index (χ4n) is 5.68. The summed E-state index contributed by atoms with van der Waals surface area (Å²) in [7, 11) is 1.47. The van der Waals surface area contributed by atoms with Crippen LogP contribution in [0.4, 0.5) is 10.2 Å². The summed E-state index contributed by atoms with van der Waals surface area (Å²) in [6.45, 7) is 5.61. The average Bonchev–Trinajstić information content (AvgIpc) is 3.33. The second-order valence-electron chi connectivity index (χ2n) is 10.9. The van der Waals surface area contributed by atoms with Crippen molar-refractivity contribution in [3.05, 3.63) is 52.4 Å². The van der Waals surface area contributed by atoms with Crippen LogP contribution in [0.3, 0.4) is 0 Å². The standard InChI is InChI=1S/C28H26BrFN8O4/c1-13-5-18(30)24(29)34-25(13)35-26(41)17-7-28(3)12-37(28)23(17)21(40)11-38-20-10-31-19(6-16(20)22(36-38)14(2)39)15-8-32-27(42-4)33-9-15/h5-6,8-10,17,23H,7,11-12H2,1-4H3,(H,34,35,41)/t17-,23?,28+,37?/m0/s1. The van der Waals surface area contributed by atoms with Gasteiger partial charge in [0, 0.05) is 42.4 Å². The number of nitrogens with one attached hydrogen (secondary N) is 1. The van der Waals surface area contributed by atoms with Gasteiger partial charge in [-0.2, -0.15) is 5.10 Å². The summed E-state index contributed by atoms with van der Waals surface area (Å²) in [5.41, 5.74) is 2.07. The number of hydrogen-bond acceptors (Lipinski definition) is 10. The van der Waals surface area contributed by atoms with E-state index in [1.54, 1.807) is 31.6 Å². The first kappa shape index (κ1) is 28.0. The molecule has 0 spiro atoms. The number of aromatic nitrogens is 6. The number of carbonyl (C=O) groups is 3. The molecule has 6 rings (SSSR count). The van der Waals surface area contributed by atoms with E-state index in [1.807, 2.05) is 11.8 Å². The first-order valence-corrected chi connectivity index (χ1v) is 14.0. The molecule has 0 aromatic carbocycles. The summed E-state index contributed by atoms with van der Waals surface area (Å²) in [5, 5.41) is 7.79. The van der Waals surface area contributed by atoms with Crippen LogP contribution in [0, 0.1) is 18.7 Å². The summed E-state index contributed by atoms with van der Waals surface area (Å²) < 4.78 is 20.3. The SMILES string of the molecule is COc1ncc(-c2cc3c(C(C)=O)nn(CC(=O)C4[C@@H](C(=O)Nc5nc(Br)c(F)cc5C)C[C@]5(C)CN45)c3cn2)cn1. The molecular weight excluding hydrogens is 611 g/mol. The molecule has 0 aliphatic carbocycles. The molecule has 1 amide bonds. The Kier molecular flexibility index (Phi) is 6.84. The number of piperidine rings is 1. The number of halogens is 2. The molecule has 4 atom stereocenters. The molecule has 2 aliphatic heterocycles. The van der Waals surface area contributed by atoms with Gasteiger partial charge in [-0.15, -0.1) is 0 Å². The third kappa shape index (κ3) is 4.83. The molecule has 2 aliphatic rings. The Hall–Kier alpha value is -4.17. The van der Waals surface area contributed by atoms with Gasteiger partial charge < -0.3 is 10.1 Å². The minimum atomic E-state index is -0.692. The van der Waals surface area contributed by atoms with Crippen LogP contribution in [0.2, 0.25) is 0 Å². The highest BCUT2D eigenvalue weighted by atomic mass is 79.9. The van der Waals surface area contributed by atoms with E-state index in [2.05, 4.69) is 46.3 Å². The van der Waals surface area contributed by atoms with Crippen LogP contribution < -0.4 is 10.1 Å². The van der Waals surface area contributed by atoms with Gasteiger partial charge in [-0.25, -0.2) is 19.3 Å². The molecule has 4 aromatic rings. The molecule has 0 radical (unpaired) electrons. The van der Waals surface area contributed by atoms with E-state index in [4.69, 9.17) is 4.74 Å². The zero-order chi connectivity index (χ0) is 29.9. The van der Waals surface area contributed by atoms with E-state index in [1.165, 1.54) is 24.8 Å². The largest absolute Gasteiger partial charge is 0.467 e. The zero-order valence-electron chi connectivity index (χ0n) is 23.2. The third-order valence-electron chi connectivity index (χ3n) is 7.89. The summed E-state index contributed by atoms with van der Waals surface area (Å²) in [4.78, 5) is 58.6. The molecule has 2 saturated heterocycles. The summed E-state index contributed by atoms with van der Waals surface area (Å²) in [5.74, 6) is -1.79. The molecular formula is C28H26BrFN8O4. The lowest BCUT2D eigenvalue weighted by molar-refractivity contribution is -0.129. The normalized spacial score (nSPS) is 22.6. The minimum absolute atomic E-state index is 0.0101. The number of pyridine rings is 2. The first-order valence-electron chi connectivity index (χ1n) is 13.2. The van der Waals surface area contributed by atoms with E-state index in [-0.39, 0.29) is 51.7 Å². The highest BCUT2D eigenvalue weighted by Crippen LogP contribution is 2.50. The highest BCUT2D eigenvalue weighted by molar-refractivity contribution is 9.10. The number of hydrogen-bond donors (Lipinski definition) is 1. The number of Topliss-reactive ketones (excluding diaryl/α,β-unsaturated/α-hetero) is 2. The number of nitrogens with zero attached hydrogens (tertiary/aromatic N) is 7. The Morgan fingerprint density at radius 2 is 1.93 bits per heavy atom. The van der Waals surface area contributed by atoms with Gasteiger partial charge in [-0.05, 0) is 53.9 Å². The van der Waals surface area contributed by atoms with Gasteiger partial charge >= 0.3 is 6.01 Å². The van der Waals surface area contributed by atoms with Crippen molar-refractivity contribution in [2.45, 2.75) is 45.3 Å². The number of carbonyl (C=O) groups excluding carboxylic acids is 3. The zero-order valence-corrected chi connectivity index (χ0v) is 24.8. The quantitative estimate of drug-likeness (QED) is 0.173. The van der Waals surface area contributed by atoms with Gasteiger partial charge in [-0.3, -0.25) is 28.9 Å². The van der Waals surface area contributed by atoms with Crippen LogP contribution in [0.1, 0.15) is 36.3 Å². The monoisotopic (exact) mass is 636 g/mol. The molecule has 14 heteroatoms. The Labute approximate surface area is 247 Å². The molecule has 2 fully saturated rings. The molecule has 1 N–H and O–H groups in total. The average molecular weight is 637 g/mol. The molecule has 12 nitrogen and oxygen atoms in total. The smallest absolute Gasteiger partial charge is 0.316 e. The van der Waals surface area contributed by atoms with Crippen molar-refractivity contribution >= 4 is 50.1 Å². The van der Waals surface area contributed by atoms with Crippen molar-refractivity contribution in [1.82, 2.24) is 34.6 Å². The van der Waals surface area contributed by atoms with Crippen LogP contribution in [-0.2, 0) is 16.1 Å². The van der Waals surface area contributed by atoms with E-state index in [0.29, 0.717) is 40.7 Å². The minimum Gasteiger partial charge on any atom is -0.467 e. The van der Waals surface area contributed by atoms with E-state index in [9.17, 15) is 18.8 Å². The second kappa shape index (κ2) is 10.3. The van der Waals surface area contributed by atoms with Gasteiger partial charge in [0.05, 0.1) is 36.5 Å². The molecule has 42 heavy (non-hydrogen) atoms. The Morgan fingerprint density at radius 3 is 2.62 bits per heavy atom. The van der Waals surface area contributed by atoms with E-state index in [0.717, 1.165) is 0 Å². The van der Waals surface area contributed by atoms with Gasteiger partial charge in [0.2, 0.25) is 5.91 Å². The van der Waals surface area contributed by atoms with Crippen LogP contribution >= 0.6 is 15.9 Å². The predicted octanol–water partition coefficient (Wildman–Crippen LogP) is 3.38. The number of rotatable bonds is 8. The number of anilines is 1. The van der Waals surface area contributed by atoms with Crippen LogP contribution in [0.25, 0.3) is 22.2 Å². The van der Waals surface area contributed by atoms with Gasteiger partial charge in [0.1, 0.15) is 22.7 Å². The number of methoxy groups -OCH3 is 1. The number of ether oxygens (including phenoxy) is 1. The van der Waals surface area contributed by atoms with Gasteiger partial charge in [0.15, 0.2) is 17.4 Å². The van der Waals surface area contributed by atoms with Crippen molar-refractivity contribution < 1.29 is 23.5 Å². The number of aryl methyl sites for hydroxylation is 1. The van der Waals surface area contributed by atoms with Crippen molar-refractivity contribution in [3.8, 4) is 17.3 Å². The van der Waals surface area contributed by atoms with E-state index >= 15 is 0 Å². The molecule has 0 saturated carbocycles. The van der Waals surface area contributed by atoms with Crippen molar-refractivity contribution in [3.63, 3.8) is 0 Å². The van der Waals surface area contributed by atoms with Gasteiger partial charge in [0.25, 0.3) is 0 Å². The van der Waals surface area contributed by atoms with Crippen molar-refractivity contribution in [2.75, 3.05) is 19.0 Å². The van der Waals surface area contributed by atoms with Crippen LogP contribution in [-0.4, -0.2) is 77.3 Å². The molecule has 4 aromatic heterocycles. The van der Waals surface area contributed by atoms with Crippen LogP contribution in [0.15, 0.2) is 35.3 Å². The number of fused-ring (bicyclic) bond motifs is 2. The molecule has 0 bridgehead atoms. The Balaban J connectivity index is 1.28. The Morgan fingerprint density at radius 1 is 1.19 bits per heavy atom. The maximum atomic E-state index is 13.9. The lowest BCUT2D eigenvalue weighted by Gasteiger charge is -2.21. The topological polar surface area (TPSA) is 145 Å². The summed E-state index contributed by atoms with van der Waals surface area (Å²) >= 11 is 3.06. The summed E-state index contributed by atoms with van der Waals surface area (Å²) in [6.07, 6.45) is 5.18. The van der Waals surface area contributed by atoms with Crippen LogP contribution in [0.5, 0.6) is 6.01 Å².